The van der Waals surface area contributed by atoms with Gasteiger partial charge in [-0.1, -0.05) is 30.3 Å². The summed E-state index contributed by atoms with van der Waals surface area (Å²) in [5, 5.41) is 2.39. The van der Waals surface area contributed by atoms with Crippen LogP contribution >= 0.6 is 11.8 Å². The number of nitrogens with one attached hydrogen (secondary N) is 1. The second kappa shape index (κ2) is 9.83. The first-order valence-electron chi connectivity index (χ1n) is 11.3. The molecule has 3 heterocycles. The topological polar surface area (TPSA) is 105 Å². The van der Waals surface area contributed by atoms with Gasteiger partial charge in [0.2, 0.25) is 11.8 Å². The maximum atomic E-state index is 12.7. The molecule has 0 bridgehead atoms. The molecular formula is C25H23N3O6S. The Morgan fingerprint density at radius 1 is 1.06 bits per heavy atom. The van der Waals surface area contributed by atoms with Crippen molar-refractivity contribution in [2.24, 2.45) is 5.92 Å². The Kier molecular flexibility index (Phi) is 6.45. The predicted molar refractivity (Wildman–Crippen MR) is 130 cm³/mol. The Hall–Kier alpha value is -3.79. The van der Waals surface area contributed by atoms with E-state index in [4.69, 9.17) is 9.47 Å². The van der Waals surface area contributed by atoms with Gasteiger partial charge >= 0.3 is 0 Å². The van der Waals surface area contributed by atoms with Crippen molar-refractivity contribution >= 4 is 46.5 Å². The van der Waals surface area contributed by atoms with Crippen LogP contribution in [0, 0.1) is 5.92 Å². The molecule has 0 unspecified atom stereocenters. The second-order valence-corrected chi connectivity index (χ2v) is 9.26. The molecule has 35 heavy (non-hydrogen) atoms. The van der Waals surface area contributed by atoms with Crippen LogP contribution < -0.4 is 19.7 Å². The van der Waals surface area contributed by atoms with E-state index in [1.807, 2.05) is 30.3 Å². The second-order valence-electron chi connectivity index (χ2n) is 8.27. The Labute approximate surface area is 206 Å². The number of hydrogen-bond donors (Lipinski definition) is 1. The Balaban J connectivity index is 1.15. The molecule has 9 nitrogen and oxygen atoms in total. The molecule has 0 radical (unpaired) electrons. The molecule has 10 heteroatoms. The smallest absolute Gasteiger partial charge is 0.293 e. The van der Waals surface area contributed by atoms with Gasteiger partial charge in [-0.25, -0.2) is 0 Å². The van der Waals surface area contributed by atoms with Crippen LogP contribution in [-0.2, 0) is 14.4 Å². The van der Waals surface area contributed by atoms with E-state index in [1.54, 1.807) is 29.2 Å². The van der Waals surface area contributed by atoms with E-state index in [9.17, 15) is 19.2 Å². The summed E-state index contributed by atoms with van der Waals surface area (Å²) in [4.78, 5) is 53.3. The van der Waals surface area contributed by atoms with Crippen molar-refractivity contribution in [3.63, 3.8) is 0 Å². The fourth-order valence-electron chi connectivity index (χ4n) is 4.16. The molecule has 2 saturated heterocycles. The van der Waals surface area contributed by atoms with Gasteiger partial charge in [0.15, 0.2) is 11.5 Å². The van der Waals surface area contributed by atoms with Gasteiger partial charge in [0.25, 0.3) is 11.1 Å². The lowest BCUT2D eigenvalue weighted by Crippen LogP contribution is -2.40. The molecular weight excluding hydrogens is 470 g/mol. The first kappa shape index (κ1) is 23.0. The number of nitrogens with zero attached hydrogens (tertiary/aromatic N) is 2. The summed E-state index contributed by atoms with van der Waals surface area (Å²) < 4.78 is 11.1. The van der Waals surface area contributed by atoms with Crippen molar-refractivity contribution in [1.29, 1.82) is 0 Å². The standard InChI is InChI=1S/C25H23N3O6S/c29-22-13-17(15-28(22)18-6-7-19-20(14-18)34-11-10-33-19)23(30)26-8-9-27-24(31)21(35-25(27)32)12-16-4-2-1-3-5-16/h1-7,12,14,17H,8-11,13,15H2,(H,26,30)/b21-12-/t17-/m0/s1. The third-order valence-electron chi connectivity index (χ3n) is 5.94. The van der Waals surface area contributed by atoms with Crippen LogP contribution in [-0.4, -0.2) is 60.7 Å². The van der Waals surface area contributed by atoms with E-state index in [0.717, 1.165) is 22.2 Å². The summed E-state index contributed by atoms with van der Waals surface area (Å²) in [5.74, 6) is -0.133. The van der Waals surface area contributed by atoms with Crippen LogP contribution in [0.2, 0.25) is 0 Å². The van der Waals surface area contributed by atoms with Gasteiger partial charge in [-0.3, -0.25) is 24.1 Å². The van der Waals surface area contributed by atoms with Gasteiger partial charge in [-0.2, -0.15) is 0 Å². The van der Waals surface area contributed by atoms with Gasteiger partial charge in [0.1, 0.15) is 13.2 Å². The van der Waals surface area contributed by atoms with Crippen LogP contribution in [0.1, 0.15) is 12.0 Å². The highest BCUT2D eigenvalue weighted by Crippen LogP contribution is 2.36. The fraction of sp³-hybridized carbons (Fsp3) is 0.280. The molecule has 3 aliphatic heterocycles. The summed E-state index contributed by atoms with van der Waals surface area (Å²) >= 11 is 0.884. The lowest BCUT2D eigenvalue weighted by molar-refractivity contribution is -0.127. The quantitative estimate of drug-likeness (QED) is 0.617. The zero-order valence-corrected chi connectivity index (χ0v) is 19.6. The number of carbonyl (C=O) groups is 4. The highest BCUT2D eigenvalue weighted by molar-refractivity contribution is 8.18. The maximum Gasteiger partial charge on any atom is 0.293 e. The first-order chi connectivity index (χ1) is 17.0. The molecule has 0 saturated carbocycles. The molecule has 0 spiro atoms. The minimum absolute atomic E-state index is 0.0646. The number of benzene rings is 2. The number of imide groups is 1. The molecule has 3 aliphatic rings. The van der Waals surface area contributed by atoms with Gasteiger partial charge < -0.3 is 19.7 Å². The summed E-state index contributed by atoms with van der Waals surface area (Å²) in [7, 11) is 0. The third-order valence-corrected chi connectivity index (χ3v) is 6.85. The molecule has 180 valence electrons. The largest absolute Gasteiger partial charge is 0.486 e. The van der Waals surface area contributed by atoms with Crippen molar-refractivity contribution in [2.45, 2.75) is 6.42 Å². The van der Waals surface area contributed by atoms with E-state index in [1.165, 1.54) is 0 Å². The number of ether oxygens (including phenoxy) is 2. The minimum Gasteiger partial charge on any atom is -0.486 e. The van der Waals surface area contributed by atoms with Crippen LogP contribution in [0.3, 0.4) is 0 Å². The normalized spacial score (nSPS) is 20.6. The lowest BCUT2D eigenvalue weighted by Gasteiger charge is -2.22. The third kappa shape index (κ3) is 4.88. The van der Waals surface area contributed by atoms with E-state index in [-0.39, 0.29) is 49.0 Å². The van der Waals surface area contributed by atoms with Gasteiger partial charge in [0.05, 0.1) is 10.8 Å². The molecule has 2 aromatic carbocycles. The molecule has 0 aliphatic carbocycles. The van der Waals surface area contributed by atoms with Gasteiger partial charge in [0, 0.05) is 37.8 Å². The first-order valence-corrected chi connectivity index (χ1v) is 12.1. The monoisotopic (exact) mass is 493 g/mol. The van der Waals surface area contributed by atoms with Crippen molar-refractivity contribution in [3.8, 4) is 11.5 Å². The number of hydrogen-bond acceptors (Lipinski definition) is 7. The van der Waals surface area contributed by atoms with Gasteiger partial charge in [-0.15, -0.1) is 0 Å². The zero-order valence-electron chi connectivity index (χ0n) is 18.8. The van der Waals surface area contributed by atoms with Crippen molar-refractivity contribution in [3.05, 3.63) is 59.0 Å². The number of carbonyl (C=O) groups excluding carboxylic acids is 4. The van der Waals surface area contributed by atoms with Crippen LogP contribution in [0.25, 0.3) is 6.08 Å². The number of thioether (sulfide) groups is 1. The maximum absolute atomic E-state index is 12.7. The summed E-state index contributed by atoms with van der Waals surface area (Å²) in [5.41, 5.74) is 1.48. The average Bonchev–Trinajstić information content (AvgIpc) is 3.39. The van der Waals surface area contributed by atoms with Crippen LogP contribution in [0.15, 0.2) is 53.4 Å². The molecule has 4 amide bonds. The van der Waals surface area contributed by atoms with E-state index < -0.39 is 5.92 Å². The SMILES string of the molecule is O=C(NCCN1C(=O)S/C(=C\c2ccccc2)C1=O)[C@H]1CC(=O)N(c2ccc3c(c2)OCCO3)C1. The highest BCUT2D eigenvalue weighted by atomic mass is 32.2. The lowest BCUT2D eigenvalue weighted by atomic mass is 10.1. The van der Waals surface area contributed by atoms with Crippen molar-refractivity contribution in [2.75, 3.05) is 37.7 Å². The summed E-state index contributed by atoms with van der Waals surface area (Å²) in [6.07, 6.45) is 1.77. The summed E-state index contributed by atoms with van der Waals surface area (Å²) in [6, 6.07) is 14.6. The number of rotatable bonds is 6. The van der Waals surface area contributed by atoms with E-state index in [0.29, 0.717) is 35.3 Å². The van der Waals surface area contributed by atoms with Crippen LogP contribution in [0.4, 0.5) is 10.5 Å². The molecule has 2 fully saturated rings. The number of amides is 4. The average molecular weight is 494 g/mol. The summed E-state index contributed by atoms with van der Waals surface area (Å²) in [6.45, 7) is 1.35. The zero-order chi connectivity index (χ0) is 24.4. The Morgan fingerprint density at radius 2 is 1.83 bits per heavy atom. The Morgan fingerprint density at radius 3 is 2.63 bits per heavy atom. The van der Waals surface area contributed by atoms with Crippen LogP contribution in [0.5, 0.6) is 11.5 Å². The van der Waals surface area contributed by atoms with Crippen molar-refractivity contribution in [1.82, 2.24) is 10.2 Å². The Bertz CT molecular complexity index is 1210. The van der Waals surface area contributed by atoms with E-state index >= 15 is 0 Å². The fourth-order valence-corrected chi connectivity index (χ4v) is 5.03. The molecule has 5 rings (SSSR count). The van der Waals surface area contributed by atoms with Crippen molar-refractivity contribution < 1.29 is 28.7 Å². The molecule has 0 aromatic heterocycles. The molecule has 1 atom stereocenters. The molecule has 1 N–H and O–H groups in total. The minimum atomic E-state index is -0.524. The number of fused-ring (bicyclic) bond motifs is 1. The van der Waals surface area contributed by atoms with Gasteiger partial charge in [-0.05, 0) is 35.5 Å². The molecule has 2 aromatic rings. The number of anilines is 1. The highest BCUT2D eigenvalue weighted by Gasteiger charge is 2.37. The van der Waals surface area contributed by atoms with E-state index in [2.05, 4.69) is 5.32 Å². The predicted octanol–water partition coefficient (Wildman–Crippen LogP) is 2.66.